The predicted molar refractivity (Wildman–Crippen MR) is 35.7 cm³/mol. The normalized spacial score (nSPS) is 15.7. The van der Waals surface area contributed by atoms with Gasteiger partial charge in [-0.2, -0.15) is 0 Å². The molecule has 0 saturated heterocycles. The van der Waals surface area contributed by atoms with Crippen molar-refractivity contribution in [3.63, 3.8) is 0 Å². The summed E-state index contributed by atoms with van der Waals surface area (Å²) in [7, 11) is 0. The Bertz CT molecular complexity index is 220. The van der Waals surface area contributed by atoms with Crippen LogP contribution in [0.3, 0.4) is 0 Å². The van der Waals surface area contributed by atoms with Gasteiger partial charge < -0.3 is 0 Å². The number of hydrogen-bond donors (Lipinski definition) is 0. The maximum atomic E-state index is 11.9. The van der Waals surface area contributed by atoms with Crippen molar-refractivity contribution in [2.45, 2.75) is 19.9 Å². The molecule has 0 spiro atoms. The zero-order valence-electron chi connectivity index (χ0n) is 7.43. The molecule has 0 unspecified atom stereocenters. The van der Waals surface area contributed by atoms with Crippen LogP contribution in [0.25, 0.3) is 0 Å². The first-order valence-electron chi connectivity index (χ1n) is 3.36. The Morgan fingerprint density at radius 3 is 0.500 bits per heavy atom. The minimum atomic E-state index is -7.16. The monoisotopic (exact) mass is 426 g/mol. The Morgan fingerprint density at radius 2 is 0.444 bits per heavy atom. The van der Waals surface area contributed by atoms with Gasteiger partial charge in [-0.05, 0) is 0 Å². The average Bonchev–Trinajstić information content (AvgIpc) is 1.89. The van der Waals surface area contributed by atoms with Gasteiger partial charge in [-0.1, -0.05) is 0 Å². The van der Waals surface area contributed by atoms with Crippen LogP contribution in [0.2, 0.25) is 0 Å². The molecule has 0 saturated carbocycles. The molecule has 14 heteroatoms. The van der Waals surface area contributed by atoms with Crippen molar-refractivity contribution in [2.24, 2.45) is 0 Å². The summed E-state index contributed by atoms with van der Waals surface area (Å²) >= 11 is -14.3. The SMILES string of the molecule is FC(F)(F)[As]([As](C(F)(F)F)C(F)(F)F)C(F)(F)F. The maximum absolute atomic E-state index is 11.9. The van der Waals surface area contributed by atoms with Crippen molar-refractivity contribution < 1.29 is 52.7 Å². The van der Waals surface area contributed by atoms with Gasteiger partial charge in [0, 0.05) is 0 Å². The fourth-order valence-electron chi connectivity index (χ4n) is 0.741. The Kier molecular flexibility index (Phi) is 5.07. The van der Waals surface area contributed by atoms with Crippen molar-refractivity contribution >= 4 is 25.2 Å². The third-order valence-corrected chi connectivity index (χ3v) is 20.3. The summed E-state index contributed by atoms with van der Waals surface area (Å²) in [5.41, 5.74) is 0. The van der Waals surface area contributed by atoms with Crippen LogP contribution in [0.1, 0.15) is 0 Å². The molecule has 0 amide bonds. The van der Waals surface area contributed by atoms with Gasteiger partial charge in [0.15, 0.2) is 0 Å². The summed E-state index contributed by atoms with van der Waals surface area (Å²) in [5.74, 6) is 0. The van der Waals surface area contributed by atoms with E-state index in [-0.39, 0.29) is 0 Å². The molecule has 0 aromatic heterocycles. The van der Waals surface area contributed by atoms with E-state index in [1.165, 1.54) is 0 Å². The molecule has 0 aromatic carbocycles. The zero-order chi connectivity index (χ0) is 15.2. The Balaban J connectivity index is 5.84. The number of alkyl halides is 12. The number of rotatable bonds is 1. The Labute approximate surface area is 98.1 Å². The van der Waals surface area contributed by atoms with E-state index < -0.39 is 45.0 Å². The number of hydrogen-bond acceptors (Lipinski definition) is 0. The van der Waals surface area contributed by atoms with E-state index in [2.05, 4.69) is 0 Å². The van der Waals surface area contributed by atoms with Crippen LogP contribution in [0.5, 0.6) is 0 Å². The molecule has 0 aliphatic heterocycles. The summed E-state index contributed by atoms with van der Waals surface area (Å²) in [6.45, 7) is 0. The van der Waals surface area contributed by atoms with Gasteiger partial charge >= 0.3 is 97.7 Å². The van der Waals surface area contributed by atoms with Crippen molar-refractivity contribution in [3.8, 4) is 0 Å². The third kappa shape index (κ3) is 4.75. The van der Waals surface area contributed by atoms with Crippen LogP contribution in [0.15, 0.2) is 0 Å². The van der Waals surface area contributed by atoms with Gasteiger partial charge in [0.25, 0.3) is 0 Å². The molecule has 0 bridgehead atoms. The van der Waals surface area contributed by atoms with Crippen LogP contribution < -0.4 is 0 Å². The second-order valence-electron chi connectivity index (χ2n) is 2.49. The summed E-state index contributed by atoms with van der Waals surface area (Å²) in [6, 6.07) is 0. The molecule has 0 N–H and O–H groups in total. The first-order chi connectivity index (χ1) is 7.49. The van der Waals surface area contributed by atoms with E-state index in [1.54, 1.807) is 0 Å². The molecule has 0 aliphatic carbocycles. The summed E-state index contributed by atoms with van der Waals surface area (Å²) < 4.78 is 143. The van der Waals surface area contributed by atoms with E-state index >= 15 is 0 Å². The fraction of sp³-hybridized carbons (Fsp3) is 1.00. The standard InChI is InChI=1S/C4As2F12/c7-1(8,9)5(2(10,11)12)6(3(13,14)15)4(16,17)18. The van der Waals surface area contributed by atoms with Crippen LogP contribution >= 0.6 is 0 Å². The van der Waals surface area contributed by atoms with Gasteiger partial charge in [-0.15, -0.1) is 0 Å². The molecule has 0 rings (SSSR count). The van der Waals surface area contributed by atoms with Crippen molar-refractivity contribution in [1.29, 1.82) is 0 Å². The van der Waals surface area contributed by atoms with Crippen molar-refractivity contribution in [1.82, 2.24) is 0 Å². The molecule has 0 aromatic rings. The minimum absolute atomic E-state index is 6.52. The van der Waals surface area contributed by atoms with E-state index in [9.17, 15) is 52.7 Å². The molecule has 110 valence electrons. The van der Waals surface area contributed by atoms with Gasteiger partial charge in [-0.25, -0.2) is 0 Å². The van der Waals surface area contributed by atoms with Crippen molar-refractivity contribution in [3.05, 3.63) is 0 Å². The van der Waals surface area contributed by atoms with Gasteiger partial charge in [-0.3, -0.25) is 0 Å². The summed E-state index contributed by atoms with van der Waals surface area (Å²) in [4.78, 5) is -26.1. The van der Waals surface area contributed by atoms with Gasteiger partial charge in [0.1, 0.15) is 0 Å². The van der Waals surface area contributed by atoms with Crippen molar-refractivity contribution in [2.75, 3.05) is 0 Å². The number of halogens is 12. The Hall–Kier alpha value is 0.277. The third-order valence-electron chi connectivity index (χ3n) is 1.16. The fourth-order valence-corrected chi connectivity index (χ4v) is 13.7. The van der Waals surface area contributed by atoms with E-state index in [0.29, 0.717) is 0 Å². The van der Waals surface area contributed by atoms with Crippen LogP contribution in [-0.2, 0) is 0 Å². The first-order valence-corrected chi connectivity index (χ1v) is 12.3. The van der Waals surface area contributed by atoms with Gasteiger partial charge in [0.2, 0.25) is 0 Å². The van der Waals surface area contributed by atoms with E-state index in [0.717, 1.165) is 0 Å². The van der Waals surface area contributed by atoms with E-state index in [4.69, 9.17) is 0 Å². The molecular formula is C4As2F12. The summed E-state index contributed by atoms with van der Waals surface area (Å²) in [5, 5.41) is 0. The molecule has 0 fully saturated rings. The zero-order valence-corrected chi connectivity index (χ0v) is 11.2. The predicted octanol–water partition coefficient (Wildman–Crippen LogP) is 3.46. The second-order valence-corrected chi connectivity index (χ2v) is 18.1. The quantitative estimate of drug-likeness (QED) is 0.446. The molecule has 0 heterocycles. The van der Waals surface area contributed by atoms with Crippen LogP contribution in [0.4, 0.5) is 52.7 Å². The van der Waals surface area contributed by atoms with Crippen LogP contribution in [0, 0.1) is 0 Å². The summed E-state index contributed by atoms with van der Waals surface area (Å²) in [6.07, 6.45) is 0. The first kappa shape index (κ1) is 18.3. The second kappa shape index (κ2) is 4.99. The van der Waals surface area contributed by atoms with Crippen LogP contribution in [-0.4, -0.2) is 45.0 Å². The topological polar surface area (TPSA) is 0 Å². The molecule has 0 nitrogen and oxygen atoms in total. The molecular weight excluding hydrogens is 426 g/mol. The molecule has 0 aliphatic rings. The molecule has 0 atom stereocenters. The average molecular weight is 426 g/mol. The molecule has 18 heavy (non-hydrogen) atoms. The van der Waals surface area contributed by atoms with Gasteiger partial charge in [0.05, 0.1) is 0 Å². The van der Waals surface area contributed by atoms with E-state index in [1.807, 2.05) is 0 Å². The Morgan fingerprint density at radius 1 is 0.333 bits per heavy atom. The molecule has 0 radical (unpaired) electrons.